The second kappa shape index (κ2) is 6.71. The Morgan fingerprint density at radius 2 is 2.11 bits per heavy atom. The van der Waals surface area contributed by atoms with Gasteiger partial charge in [0.2, 0.25) is 0 Å². The smallest absolute Gasteiger partial charge is 0.306 e. The number of hydrogen-bond donors (Lipinski definition) is 1. The van der Waals surface area contributed by atoms with Crippen LogP contribution in [-0.4, -0.2) is 23.8 Å². The Balaban J connectivity index is 1.95. The van der Waals surface area contributed by atoms with Gasteiger partial charge in [0.25, 0.3) is 0 Å². The summed E-state index contributed by atoms with van der Waals surface area (Å²) in [6.45, 7) is 2.82. The molecule has 1 N–H and O–H groups in total. The molecule has 0 spiro atoms. The maximum Gasteiger partial charge on any atom is 0.306 e. The van der Waals surface area contributed by atoms with Crippen molar-refractivity contribution < 1.29 is 14.6 Å². The van der Waals surface area contributed by atoms with Gasteiger partial charge in [-0.2, -0.15) is 0 Å². The molecular formula is C16H22O3. The Morgan fingerprint density at radius 3 is 2.68 bits per heavy atom. The fourth-order valence-electron chi connectivity index (χ4n) is 2.59. The molecule has 2 rings (SSSR count). The van der Waals surface area contributed by atoms with Crippen LogP contribution in [0.4, 0.5) is 0 Å². The Labute approximate surface area is 114 Å². The normalized spacial score (nSPS) is 21.0. The summed E-state index contributed by atoms with van der Waals surface area (Å²) in [4.78, 5) is 11.4. The molecular weight excluding hydrogens is 240 g/mol. The van der Waals surface area contributed by atoms with Crippen molar-refractivity contribution in [2.45, 2.75) is 45.1 Å². The minimum Gasteiger partial charge on any atom is -0.481 e. The third-order valence-electron chi connectivity index (χ3n) is 3.77. The first-order valence-electron chi connectivity index (χ1n) is 7.05. The molecule has 2 atom stereocenters. The highest BCUT2D eigenvalue weighted by Crippen LogP contribution is 2.22. The molecule has 1 heterocycles. The van der Waals surface area contributed by atoms with E-state index in [-0.39, 0.29) is 12.0 Å². The van der Waals surface area contributed by atoms with Crippen LogP contribution < -0.4 is 0 Å². The van der Waals surface area contributed by atoms with E-state index in [4.69, 9.17) is 4.74 Å². The lowest BCUT2D eigenvalue weighted by Crippen LogP contribution is -2.27. The highest BCUT2D eigenvalue weighted by molar-refractivity contribution is 5.70. The van der Waals surface area contributed by atoms with Crippen molar-refractivity contribution in [2.24, 2.45) is 5.92 Å². The predicted octanol–water partition coefficient (Wildman–Crippen LogP) is 3.20. The van der Waals surface area contributed by atoms with E-state index in [2.05, 4.69) is 0 Å². The number of carboxylic acids is 1. The second-order valence-corrected chi connectivity index (χ2v) is 5.45. The Bertz CT molecular complexity index is 405. The summed E-state index contributed by atoms with van der Waals surface area (Å²) >= 11 is 0. The molecule has 1 aromatic carbocycles. The fraction of sp³-hybridized carbons (Fsp3) is 0.562. The summed E-state index contributed by atoms with van der Waals surface area (Å²) in [5.41, 5.74) is 2.29. The van der Waals surface area contributed by atoms with Crippen LogP contribution in [0.3, 0.4) is 0 Å². The van der Waals surface area contributed by atoms with E-state index in [0.717, 1.165) is 31.4 Å². The maximum atomic E-state index is 11.4. The van der Waals surface area contributed by atoms with Crippen molar-refractivity contribution >= 4 is 5.97 Å². The second-order valence-electron chi connectivity index (χ2n) is 5.45. The van der Waals surface area contributed by atoms with Crippen molar-refractivity contribution in [3.63, 3.8) is 0 Å². The summed E-state index contributed by atoms with van der Waals surface area (Å²) in [7, 11) is 0. The van der Waals surface area contributed by atoms with Gasteiger partial charge in [-0.1, -0.05) is 29.8 Å². The number of carboxylic acid groups (broad SMARTS) is 1. The van der Waals surface area contributed by atoms with E-state index >= 15 is 0 Å². The predicted molar refractivity (Wildman–Crippen MR) is 74.2 cm³/mol. The molecule has 2 unspecified atom stereocenters. The van der Waals surface area contributed by atoms with E-state index in [9.17, 15) is 9.90 Å². The van der Waals surface area contributed by atoms with Gasteiger partial charge in [0.1, 0.15) is 0 Å². The molecule has 1 aromatic rings. The van der Waals surface area contributed by atoms with E-state index in [1.165, 1.54) is 5.56 Å². The van der Waals surface area contributed by atoms with Gasteiger partial charge in [0.05, 0.1) is 12.0 Å². The zero-order chi connectivity index (χ0) is 13.7. The number of hydrogen-bond acceptors (Lipinski definition) is 2. The lowest BCUT2D eigenvalue weighted by Gasteiger charge is -2.25. The molecule has 1 saturated heterocycles. The van der Waals surface area contributed by atoms with Crippen LogP contribution in [0.15, 0.2) is 24.3 Å². The first kappa shape index (κ1) is 14.1. The standard InChI is InChI=1S/C16H22O3/c1-12-5-7-13(8-6-12)10-14(16(17)18)11-15-4-2-3-9-19-15/h5-8,14-15H,2-4,9-11H2,1H3,(H,17,18). The third-order valence-corrected chi connectivity index (χ3v) is 3.77. The van der Waals surface area contributed by atoms with Gasteiger partial charge in [0.15, 0.2) is 0 Å². The lowest BCUT2D eigenvalue weighted by atomic mass is 9.91. The van der Waals surface area contributed by atoms with Gasteiger partial charge in [-0.3, -0.25) is 4.79 Å². The molecule has 0 aromatic heterocycles. The van der Waals surface area contributed by atoms with Crippen molar-refractivity contribution in [1.82, 2.24) is 0 Å². The average molecular weight is 262 g/mol. The highest BCUT2D eigenvalue weighted by atomic mass is 16.5. The van der Waals surface area contributed by atoms with E-state index in [0.29, 0.717) is 12.8 Å². The van der Waals surface area contributed by atoms with E-state index in [1.807, 2.05) is 31.2 Å². The first-order chi connectivity index (χ1) is 9.15. The van der Waals surface area contributed by atoms with Crippen molar-refractivity contribution in [3.8, 4) is 0 Å². The minimum absolute atomic E-state index is 0.125. The number of aliphatic carboxylic acids is 1. The highest BCUT2D eigenvalue weighted by Gasteiger charge is 2.24. The molecule has 104 valence electrons. The number of ether oxygens (including phenoxy) is 1. The van der Waals surface area contributed by atoms with E-state index in [1.54, 1.807) is 0 Å². The number of carbonyl (C=O) groups is 1. The van der Waals surface area contributed by atoms with Crippen LogP contribution in [0.5, 0.6) is 0 Å². The average Bonchev–Trinajstić information content (AvgIpc) is 2.41. The van der Waals surface area contributed by atoms with E-state index < -0.39 is 5.97 Å². The molecule has 0 amide bonds. The Kier molecular flexibility index (Phi) is 4.97. The van der Waals surface area contributed by atoms with Gasteiger partial charge in [-0.05, 0) is 44.6 Å². The minimum atomic E-state index is -0.713. The lowest BCUT2D eigenvalue weighted by molar-refractivity contribution is -0.143. The molecule has 0 bridgehead atoms. The summed E-state index contributed by atoms with van der Waals surface area (Å²) in [5.74, 6) is -1.06. The van der Waals surface area contributed by atoms with Crippen LogP contribution in [-0.2, 0) is 16.0 Å². The molecule has 1 aliphatic heterocycles. The number of benzene rings is 1. The molecule has 3 heteroatoms. The number of aryl methyl sites for hydroxylation is 1. The molecule has 3 nitrogen and oxygen atoms in total. The molecule has 0 saturated carbocycles. The van der Waals surface area contributed by atoms with Gasteiger partial charge in [-0.25, -0.2) is 0 Å². The molecule has 1 fully saturated rings. The molecule has 19 heavy (non-hydrogen) atoms. The SMILES string of the molecule is Cc1ccc(CC(CC2CCCCO2)C(=O)O)cc1. The van der Waals surface area contributed by atoms with Crippen LogP contribution >= 0.6 is 0 Å². The number of rotatable bonds is 5. The molecule has 0 radical (unpaired) electrons. The van der Waals surface area contributed by atoms with Crippen LogP contribution in [0.2, 0.25) is 0 Å². The third kappa shape index (κ3) is 4.35. The van der Waals surface area contributed by atoms with Crippen molar-refractivity contribution in [1.29, 1.82) is 0 Å². The largest absolute Gasteiger partial charge is 0.481 e. The van der Waals surface area contributed by atoms with Crippen LogP contribution in [0.1, 0.15) is 36.8 Å². The van der Waals surface area contributed by atoms with Gasteiger partial charge in [0, 0.05) is 6.61 Å². The zero-order valence-electron chi connectivity index (χ0n) is 11.5. The van der Waals surface area contributed by atoms with Crippen molar-refractivity contribution in [3.05, 3.63) is 35.4 Å². The van der Waals surface area contributed by atoms with Crippen LogP contribution in [0, 0.1) is 12.8 Å². The Hall–Kier alpha value is -1.35. The summed E-state index contributed by atoms with van der Waals surface area (Å²) in [6.07, 6.45) is 4.60. The zero-order valence-corrected chi connectivity index (χ0v) is 11.5. The summed E-state index contributed by atoms with van der Waals surface area (Å²) in [5, 5.41) is 9.36. The summed E-state index contributed by atoms with van der Waals surface area (Å²) < 4.78 is 5.65. The van der Waals surface area contributed by atoms with Crippen LogP contribution in [0.25, 0.3) is 0 Å². The monoisotopic (exact) mass is 262 g/mol. The molecule has 1 aliphatic rings. The topological polar surface area (TPSA) is 46.5 Å². The first-order valence-corrected chi connectivity index (χ1v) is 7.05. The van der Waals surface area contributed by atoms with Crippen molar-refractivity contribution in [2.75, 3.05) is 6.61 Å². The summed E-state index contributed by atoms with van der Waals surface area (Å²) in [6, 6.07) is 8.11. The molecule has 0 aliphatic carbocycles. The maximum absolute atomic E-state index is 11.4. The Morgan fingerprint density at radius 1 is 1.37 bits per heavy atom. The fourth-order valence-corrected chi connectivity index (χ4v) is 2.59. The van der Waals surface area contributed by atoms with Gasteiger partial charge < -0.3 is 9.84 Å². The quantitative estimate of drug-likeness (QED) is 0.886. The van der Waals surface area contributed by atoms with Gasteiger partial charge >= 0.3 is 5.97 Å². The van der Waals surface area contributed by atoms with Gasteiger partial charge in [-0.15, -0.1) is 0 Å².